The molecule has 0 heterocycles. The van der Waals surface area contributed by atoms with Crippen molar-refractivity contribution in [1.29, 1.82) is 0 Å². The molecule has 0 atom stereocenters. The summed E-state index contributed by atoms with van der Waals surface area (Å²) in [7, 11) is 1.61. The fourth-order valence-corrected chi connectivity index (χ4v) is 1.08. The van der Waals surface area contributed by atoms with Crippen molar-refractivity contribution < 1.29 is 70.7 Å². The molecule has 1 rings (SSSR count). The summed E-state index contributed by atoms with van der Waals surface area (Å²) in [4.78, 5) is 4.06. The van der Waals surface area contributed by atoms with Gasteiger partial charge in [0.05, 0.1) is 5.71 Å². The molecule has 0 aliphatic carbocycles. The molecule has 0 aliphatic rings. The normalized spacial score (nSPS) is 10.4. The summed E-state index contributed by atoms with van der Waals surface area (Å²) in [5.41, 5.74) is 1.84. The Labute approximate surface area is 157 Å². The summed E-state index contributed by atoms with van der Waals surface area (Å²) in [5.74, 6) is 0. The number of hydrogen-bond acceptors (Lipinski definition) is 4. The van der Waals surface area contributed by atoms with Crippen LogP contribution in [0.5, 0.6) is 0 Å². The third-order valence-electron chi connectivity index (χ3n) is 1.93. The maximum atomic E-state index is 8.71. The van der Waals surface area contributed by atoms with Gasteiger partial charge in [-0.3, -0.25) is 0 Å². The zero-order valence-electron chi connectivity index (χ0n) is 9.84. The van der Waals surface area contributed by atoms with E-state index in [0.717, 1.165) is 5.56 Å². The average Bonchev–Trinajstić information content (AvgIpc) is 2.35. The van der Waals surface area contributed by atoms with Crippen LogP contribution in [0.1, 0.15) is 12.5 Å². The Kier molecular flexibility index (Phi) is 12.2. The summed E-state index contributed by atoms with van der Waals surface area (Å²) >= 11 is 0. The predicted molar refractivity (Wildman–Crippen MR) is 63.8 cm³/mol. The standard InChI is InChI=1S/C11H12N4O.V.Yb/c1-9(14-16)10-6-4-5-7-11(10)13-8-15(3)12-2;;/h2,4-7,16H,1,3H3;;/q-2;;/b14-9-;;. The number of benzene rings is 1. The third-order valence-corrected chi connectivity index (χ3v) is 1.93. The molecule has 0 fully saturated rings. The van der Waals surface area contributed by atoms with Gasteiger partial charge in [0.1, 0.15) is 0 Å². The Bertz CT molecular complexity index is 437. The molecule has 5 nitrogen and oxygen atoms in total. The molecule has 0 spiro atoms. The van der Waals surface area contributed by atoms with Gasteiger partial charge in [-0.15, -0.1) is 6.07 Å². The minimum absolute atomic E-state index is 0. The van der Waals surface area contributed by atoms with Crippen LogP contribution in [0.15, 0.2) is 39.5 Å². The molecule has 0 saturated heterocycles. The van der Waals surface area contributed by atoms with Gasteiger partial charge < -0.3 is 27.0 Å². The summed E-state index contributed by atoms with van der Waals surface area (Å²) in [5, 5.41) is 16.4. The maximum Gasteiger partial charge on any atom is 0.0679 e. The first kappa shape index (κ1) is 20.3. The van der Waals surface area contributed by atoms with Crippen LogP contribution in [-0.4, -0.2) is 36.0 Å². The molecular weight excluding hydrogens is 428 g/mol. The molecule has 1 N–H and O–H groups in total. The van der Waals surface area contributed by atoms with Crippen molar-refractivity contribution in [3.63, 3.8) is 0 Å². The summed E-state index contributed by atoms with van der Waals surface area (Å²) in [6, 6.07) is 7.24. The van der Waals surface area contributed by atoms with Crippen molar-refractivity contribution in [2.45, 2.75) is 6.92 Å². The zero-order valence-corrected chi connectivity index (χ0v) is 12.9. The van der Waals surface area contributed by atoms with Crippen LogP contribution in [0.25, 0.3) is 0 Å². The Balaban J connectivity index is 0. The van der Waals surface area contributed by atoms with Crippen LogP contribution in [-0.2, 0) is 18.6 Å². The number of hydrazone groups is 1. The van der Waals surface area contributed by atoms with Crippen molar-refractivity contribution in [2.24, 2.45) is 15.2 Å². The van der Waals surface area contributed by atoms with E-state index in [1.54, 1.807) is 26.1 Å². The number of rotatable bonds is 4. The van der Waals surface area contributed by atoms with E-state index in [0.29, 0.717) is 11.4 Å². The van der Waals surface area contributed by atoms with Gasteiger partial charge in [0.15, 0.2) is 0 Å². The van der Waals surface area contributed by atoms with Gasteiger partial charge in [0.25, 0.3) is 0 Å². The quantitative estimate of drug-likeness (QED) is 0.194. The molecule has 0 bridgehead atoms. The van der Waals surface area contributed by atoms with Crippen LogP contribution in [0.3, 0.4) is 0 Å². The maximum absolute atomic E-state index is 8.71. The van der Waals surface area contributed by atoms with E-state index >= 15 is 0 Å². The van der Waals surface area contributed by atoms with E-state index in [9.17, 15) is 0 Å². The van der Waals surface area contributed by atoms with Gasteiger partial charge in [0.2, 0.25) is 0 Å². The van der Waals surface area contributed by atoms with Gasteiger partial charge in [-0.1, -0.05) is 40.9 Å². The fraction of sp³-hybridized carbons (Fsp3) is 0.182. The molecular formula is C11H12N4OVYb-2. The van der Waals surface area contributed by atoms with E-state index in [1.807, 2.05) is 12.1 Å². The first-order chi connectivity index (χ1) is 7.69. The monoisotopic (exact) mass is 441 g/mol. The van der Waals surface area contributed by atoms with Crippen molar-refractivity contribution in [1.82, 2.24) is 5.01 Å². The van der Waals surface area contributed by atoms with Crippen molar-refractivity contribution >= 4 is 24.5 Å². The van der Waals surface area contributed by atoms with Gasteiger partial charge >= 0.3 is 0 Å². The van der Waals surface area contributed by atoms with E-state index in [4.69, 9.17) is 11.9 Å². The summed E-state index contributed by atoms with van der Waals surface area (Å²) in [6.45, 7) is 6.71. The molecule has 0 amide bonds. The van der Waals surface area contributed by atoms with E-state index < -0.39 is 0 Å². The summed E-state index contributed by atoms with van der Waals surface area (Å²) in [6.07, 6.45) is 2.60. The van der Waals surface area contributed by atoms with Crippen LogP contribution in [0.2, 0.25) is 0 Å². The molecule has 7 heteroatoms. The van der Waals surface area contributed by atoms with Crippen LogP contribution in [0, 0.1) is 46.9 Å². The molecule has 0 saturated carbocycles. The Morgan fingerprint density at radius 2 is 2.00 bits per heavy atom. The van der Waals surface area contributed by atoms with Crippen molar-refractivity contribution in [2.75, 3.05) is 7.05 Å². The van der Waals surface area contributed by atoms with E-state index in [2.05, 4.69) is 21.6 Å². The number of nitrogens with zero attached hydrogens (tertiary/aromatic N) is 4. The molecule has 0 aliphatic heterocycles. The Morgan fingerprint density at radius 3 is 2.56 bits per heavy atom. The number of hydrogen-bond donors (Lipinski definition) is 1. The minimum Gasteiger partial charge on any atom is -0.432 e. The van der Waals surface area contributed by atoms with Crippen LogP contribution < -0.4 is 0 Å². The smallest absolute Gasteiger partial charge is 0.0679 e. The molecule has 1 aromatic carbocycles. The molecule has 0 unspecified atom stereocenters. The Hall–Kier alpha value is -0.0661. The van der Waals surface area contributed by atoms with Crippen molar-refractivity contribution in [3.05, 3.63) is 29.8 Å². The van der Waals surface area contributed by atoms with E-state index in [1.165, 1.54) is 5.01 Å². The largest absolute Gasteiger partial charge is 0.432 e. The van der Waals surface area contributed by atoms with Gasteiger partial charge in [-0.25, -0.2) is 0 Å². The second kappa shape index (κ2) is 10.8. The Morgan fingerprint density at radius 1 is 1.39 bits per heavy atom. The number of oxime groups is 1. The topological polar surface area (TPSA) is 60.5 Å². The van der Waals surface area contributed by atoms with Crippen LogP contribution >= 0.6 is 0 Å². The second-order valence-electron chi connectivity index (χ2n) is 3.05. The first-order valence-electron chi connectivity index (χ1n) is 4.58. The fourth-order valence-electron chi connectivity index (χ4n) is 1.08. The predicted octanol–water partition coefficient (Wildman–Crippen LogP) is 1.84. The summed E-state index contributed by atoms with van der Waals surface area (Å²) < 4.78 is 0. The van der Waals surface area contributed by atoms with Gasteiger partial charge in [0, 0.05) is 72.5 Å². The second-order valence-corrected chi connectivity index (χ2v) is 3.05. The zero-order chi connectivity index (χ0) is 12.0. The van der Waals surface area contributed by atoms with E-state index in [-0.39, 0.29) is 65.5 Å². The molecule has 0 aromatic heterocycles. The molecule has 18 heavy (non-hydrogen) atoms. The van der Waals surface area contributed by atoms with Gasteiger partial charge in [-0.05, 0) is 6.92 Å². The van der Waals surface area contributed by atoms with Crippen LogP contribution in [0.4, 0.5) is 5.69 Å². The van der Waals surface area contributed by atoms with Crippen molar-refractivity contribution in [3.8, 4) is 0 Å². The first-order valence-corrected chi connectivity index (χ1v) is 4.58. The SMILES string of the molecule is [CH-]=NN(C)[C-]=Nc1ccccc1/C(C)=N\O.[V].[Yb]. The third kappa shape index (κ3) is 6.20. The number of para-hydroxylation sites is 1. The molecule has 103 valence electrons. The average molecular weight is 440 g/mol. The molecule has 1 radical (unpaired) electrons. The number of aliphatic imine (C=N–C) groups is 1. The molecule has 1 aromatic rings. The van der Waals surface area contributed by atoms with Gasteiger partial charge in [-0.2, -0.15) is 0 Å². The minimum atomic E-state index is 0.